The first-order valence-electron chi connectivity index (χ1n) is 6.28. The van der Waals surface area contributed by atoms with Crippen LogP contribution in [0.25, 0.3) is 0 Å². The SMILES string of the molecule is COC(=O)c1nccc(NCC2(C)CCCC2)n1. The van der Waals surface area contributed by atoms with Crippen molar-refractivity contribution in [3.8, 4) is 0 Å². The molecule has 0 aromatic carbocycles. The predicted molar refractivity (Wildman–Crippen MR) is 68.4 cm³/mol. The zero-order valence-electron chi connectivity index (χ0n) is 10.9. The third kappa shape index (κ3) is 2.97. The summed E-state index contributed by atoms with van der Waals surface area (Å²) in [7, 11) is 1.32. The van der Waals surface area contributed by atoms with Gasteiger partial charge in [-0.15, -0.1) is 0 Å². The number of hydrogen-bond acceptors (Lipinski definition) is 5. The van der Waals surface area contributed by atoms with Crippen molar-refractivity contribution in [1.82, 2.24) is 9.97 Å². The number of anilines is 1. The van der Waals surface area contributed by atoms with Gasteiger partial charge in [-0.2, -0.15) is 0 Å². The maximum absolute atomic E-state index is 11.3. The number of aromatic nitrogens is 2. The minimum Gasteiger partial charge on any atom is -0.463 e. The smallest absolute Gasteiger partial charge is 0.376 e. The van der Waals surface area contributed by atoms with Crippen molar-refractivity contribution in [2.75, 3.05) is 19.0 Å². The first-order valence-corrected chi connectivity index (χ1v) is 6.28. The molecule has 0 unspecified atom stereocenters. The summed E-state index contributed by atoms with van der Waals surface area (Å²) < 4.78 is 4.60. The molecule has 1 heterocycles. The highest BCUT2D eigenvalue weighted by Crippen LogP contribution is 2.37. The molecular formula is C13H19N3O2. The molecule has 0 radical (unpaired) electrons. The Kier molecular flexibility index (Phi) is 3.79. The highest BCUT2D eigenvalue weighted by molar-refractivity contribution is 5.85. The van der Waals surface area contributed by atoms with Crippen molar-refractivity contribution in [2.24, 2.45) is 5.41 Å². The van der Waals surface area contributed by atoms with Gasteiger partial charge in [0, 0.05) is 12.7 Å². The number of carbonyl (C=O) groups excluding carboxylic acids is 1. The quantitative estimate of drug-likeness (QED) is 0.829. The van der Waals surface area contributed by atoms with Crippen LogP contribution in [-0.4, -0.2) is 29.6 Å². The van der Waals surface area contributed by atoms with E-state index in [0.717, 1.165) is 6.54 Å². The molecule has 0 aliphatic heterocycles. The zero-order valence-corrected chi connectivity index (χ0v) is 10.9. The standard InChI is InChI=1S/C13H19N3O2/c1-13(6-3-4-7-13)9-15-10-5-8-14-11(16-10)12(17)18-2/h5,8H,3-4,6-7,9H2,1-2H3,(H,14,15,16). The third-order valence-corrected chi connectivity index (χ3v) is 3.53. The maximum Gasteiger partial charge on any atom is 0.376 e. The van der Waals surface area contributed by atoms with Crippen molar-refractivity contribution >= 4 is 11.8 Å². The van der Waals surface area contributed by atoms with Gasteiger partial charge < -0.3 is 10.1 Å². The molecular weight excluding hydrogens is 230 g/mol. The molecule has 5 heteroatoms. The predicted octanol–water partition coefficient (Wildman–Crippen LogP) is 2.26. The summed E-state index contributed by atoms with van der Waals surface area (Å²) >= 11 is 0. The third-order valence-electron chi connectivity index (χ3n) is 3.53. The second kappa shape index (κ2) is 5.33. The van der Waals surface area contributed by atoms with Crippen molar-refractivity contribution in [2.45, 2.75) is 32.6 Å². The molecule has 2 rings (SSSR count). The molecule has 1 aliphatic rings. The van der Waals surface area contributed by atoms with E-state index in [2.05, 4.69) is 26.9 Å². The molecule has 5 nitrogen and oxygen atoms in total. The molecule has 1 aromatic heterocycles. The summed E-state index contributed by atoms with van der Waals surface area (Å²) in [5.41, 5.74) is 0.344. The van der Waals surface area contributed by atoms with Crippen molar-refractivity contribution in [3.05, 3.63) is 18.1 Å². The minimum absolute atomic E-state index is 0.0964. The molecule has 0 atom stereocenters. The summed E-state index contributed by atoms with van der Waals surface area (Å²) in [5, 5.41) is 3.29. The second-order valence-electron chi connectivity index (χ2n) is 5.13. The maximum atomic E-state index is 11.3. The molecule has 0 spiro atoms. The molecule has 98 valence electrons. The van der Waals surface area contributed by atoms with Crippen LogP contribution >= 0.6 is 0 Å². The number of carbonyl (C=O) groups is 1. The summed E-state index contributed by atoms with van der Waals surface area (Å²) in [6.07, 6.45) is 6.66. The molecule has 1 saturated carbocycles. The molecule has 0 saturated heterocycles. The number of rotatable bonds is 4. The summed E-state index contributed by atoms with van der Waals surface area (Å²) in [5.74, 6) is 0.267. The van der Waals surface area contributed by atoms with E-state index in [0.29, 0.717) is 11.2 Å². The summed E-state index contributed by atoms with van der Waals surface area (Å²) in [6.45, 7) is 3.17. The Labute approximate surface area is 107 Å². The number of nitrogens with one attached hydrogen (secondary N) is 1. The number of nitrogens with zero attached hydrogens (tertiary/aromatic N) is 2. The fourth-order valence-corrected chi connectivity index (χ4v) is 2.36. The Bertz CT molecular complexity index is 428. The van der Waals surface area contributed by atoms with E-state index in [1.165, 1.54) is 32.8 Å². The molecule has 1 aliphatic carbocycles. The second-order valence-corrected chi connectivity index (χ2v) is 5.13. The van der Waals surface area contributed by atoms with Crippen molar-refractivity contribution in [3.63, 3.8) is 0 Å². The minimum atomic E-state index is -0.509. The topological polar surface area (TPSA) is 64.1 Å². The highest BCUT2D eigenvalue weighted by atomic mass is 16.5. The van der Waals surface area contributed by atoms with Gasteiger partial charge in [-0.05, 0) is 24.3 Å². The number of hydrogen-bond donors (Lipinski definition) is 1. The molecule has 0 amide bonds. The zero-order chi connectivity index (χ0) is 13.0. The first kappa shape index (κ1) is 12.8. The largest absolute Gasteiger partial charge is 0.463 e. The van der Waals surface area contributed by atoms with Crippen molar-refractivity contribution in [1.29, 1.82) is 0 Å². The normalized spacial score (nSPS) is 17.4. The van der Waals surface area contributed by atoms with E-state index in [4.69, 9.17) is 0 Å². The van der Waals surface area contributed by atoms with Gasteiger partial charge in [0.25, 0.3) is 0 Å². The van der Waals surface area contributed by atoms with Gasteiger partial charge in [-0.1, -0.05) is 19.8 Å². The van der Waals surface area contributed by atoms with Crippen LogP contribution in [0.2, 0.25) is 0 Å². The Morgan fingerprint density at radius 2 is 2.22 bits per heavy atom. The number of ether oxygens (including phenoxy) is 1. The van der Waals surface area contributed by atoms with Crippen LogP contribution in [0.15, 0.2) is 12.3 Å². The molecule has 1 fully saturated rings. The van der Waals surface area contributed by atoms with E-state index in [9.17, 15) is 4.79 Å². The molecule has 1 aromatic rings. The Morgan fingerprint density at radius 3 is 2.89 bits per heavy atom. The fraction of sp³-hybridized carbons (Fsp3) is 0.615. The lowest BCUT2D eigenvalue weighted by molar-refractivity contribution is 0.0587. The Balaban J connectivity index is 1.99. The van der Waals surface area contributed by atoms with Gasteiger partial charge >= 0.3 is 5.97 Å². The summed E-state index contributed by atoms with van der Waals surface area (Å²) in [4.78, 5) is 19.3. The fourth-order valence-electron chi connectivity index (χ4n) is 2.36. The first-order chi connectivity index (χ1) is 8.63. The van der Waals surface area contributed by atoms with Gasteiger partial charge in [-0.3, -0.25) is 0 Å². The molecule has 0 bridgehead atoms. The lowest BCUT2D eigenvalue weighted by Gasteiger charge is -2.23. The van der Waals surface area contributed by atoms with Crippen LogP contribution in [0, 0.1) is 5.41 Å². The Hall–Kier alpha value is -1.65. The van der Waals surface area contributed by atoms with Crippen molar-refractivity contribution < 1.29 is 9.53 Å². The van der Waals surface area contributed by atoms with Gasteiger partial charge in [0.1, 0.15) is 5.82 Å². The van der Waals surface area contributed by atoms with Crippen LogP contribution in [0.4, 0.5) is 5.82 Å². The number of esters is 1. The van der Waals surface area contributed by atoms with E-state index >= 15 is 0 Å². The van der Waals surface area contributed by atoms with E-state index in [1.54, 1.807) is 12.3 Å². The molecule has 18 heavy (non-hydrogen) atoms. The van der Waals surface area contributed by atoms with Crippen LogP contribution in [0.5, 0.6) is 0 Å². The van der Waals surface area contributed by atoms with E-state index < -0.39 is 5.97 Å². The van der Waals surface area contributed by atoms with Gasteiger partial charge in [0.05, 0.1) is 7.11 Å². The van der Waals surface area contributed by atoms with Gasteiger partial charge in [-0.25, -0.2) is 14.8 Å². The average molecular weight is 249 g/mol. The average Bonchev–Trinajstić information content (AvgIpc) is 2.83. The van der Waals surface area contributed by atoms with Crippen LogP contribution in [0.3, 0.4) is 0 Å². The van der Waals surface area contributed by atoms with Crippen LogP contribution in [0.1, 0.15) is 43.2 Å². The van der Waals surface area contributed by atoms with Crippen LogP contribution in [-0.2, 0) is 4.74 Å². The molecule has 1 N–H and O–H groups in total. The summed E-state index contributed by atoms with van der Waals surface area (Å²) in [6, 6.07) is 1.77. The monoisotopic (exact) mass is 249 g/mol. The van der Waals surface area contributed by atoms with E-state index in [1.807, 2.05) is 0 Å². The van der Waals surface area contributed by atoms with Gasteiger partial charge in [0.2, 0.25) is 5.82 Å². The van der Waals surface area contributed by atoms with Gasteiger partial charge in [0.15, 0.2) is 0 Å². The van der Waals surface area contributed by atoms with E-state index in [-0.39, 0.29) is 5.82 Å². The lowest BCUT2D eigenvalue weighted by atomic mass is 9.89. The highest BCUT2D eigenvalue weighted by Gasteiger charge is 2.28. The Morgan fingerprint density at radius 1 is 1.50 bits per heavy atom. The number of methoxy groups -OCH3 is 1. The lowest BCUT2D eigenvalue weighted by Crippen LogP contribution is -2.23. The van der Waals surface area contributed by atoms with Crippen LogP contribution < -0.4 is 5.32 Å².